The molecular weight excluding hydrogens is 390 g/mol. The summed E-state index contributed by atoms with van der Waals surface area (Å²) < 4.78 is 11.1. The lowest BCUT2D eigenvalue weighted by Crippen LogP contribution is -2.31. The minimum atomic E-state index is -0.490. The second kappa shape index (κ2) is 7.65. The van der Waals surface area contributed by atoms with Crippen LogP contribution in [0.1, 0.15) is 45.3 Å². The lowest BCUT2D eigenvalue weighted by Gasteiger charge is -2.25. The van der Waals surface area contributed by atoms with E-state index in [9.17, 15) is 9.59 Å². The molecule has 1 amide bonds. The number of ether oxygens (including phenoxy) is 1. The molecule has 5 nitrogen and oxygen atoms in total. The Bertz CT molecular complexity index is 1150. The molecule has 0 spiro atoms. The van der Waals surface area contributed by atoms with Crippen molar-refractivity contribution in [3.63, 3.8) is 0 Å². The number of fused-ring (bicyclic) bond motifs is 2. The van der Waals surface area contributed by atoms with Gasteiger partial charge >= 0.3 is 0 Å². The Hall–Kier alpha value is -2.63. The number of methoxy groups -OCH3 is 1. The molecule has 2 heterocycles. The van der Waals surface area contributed by atoms with E-state index in [0.29, 0.717) is 41.1 Å². The van der Waals surface area contributed by atoms with Crippen LogP contribution in [0, 0.1) is 13.8 Å². The fourth-order valence-electron chi connectivity index (χ4n) is 3.85. The van der Waals surface area contributed by atoms with Crippen LogP contribution in [0.5, 0.6) is 0 Å². The van der Waals surface area contributed by atoms with E-state index in [-0.39, 0.29) is 17.1 Å². The van der Waals surface area contributed by atoms with Crippen molar-refractivity contribution in [3.05, 3.63) is 79.7 Å². The van der Waals surface area contributed by atoms with E-state index in [2.05, 4.69) is 0 Å². The van der Waals surface area contributed by atoms with Crippen LogP contribution in [0.25, 0.3) is 11.0 Å². The smallest absolute Gasteiger partial charge is 0.290 e. The Morgan fingerprint density at radius 2 is 1.86 bits per heavy atom. The van der Waals surface area contributed by atoms with Gasteiger partial charge in [-0.2, -0.15) is 0 Å². The fourth-order valence-corrected chi connectivity index (χ4v) is 4.01. The van der Waals surface area contributed by atoms with Gasteiger partial charge < -0.3 is 14.1 Å². The maximum absolute atomic E-state index is 13.4. The van der Waals surface area contributed by atoms with E-state index in [4.69, 9.17) is 20.8 Å². The number of carbonyl (C=O) groups excluding carboxylic acids is 1. The quantitative estimate of drug-likeness (QED) is 0.573. The van der Waals surface area contributed by atoms with Crippen molar-refractivity contribution in [1.29, 1.82) is 0 Å². The van der Waals surface area contributed by atoms with E-state index >= 15 is 0 Å². The molecule has 1 atom stereocenters. The Morgan fingerprint density at radius 1 is 1.14 bits per heavy atom. The summed E-state index contributed by atoms with van der Waals surface area (Å²) in [7, 11) is 1.63. The van der Waals surface area contributed by atoms with Crippen LogP contribution in [-0.2, 0) is 4.74 Å². The van der Waals surface area contributed by atoms with Crippen LogP contribution in [0.3, 0.4) is 0 Å². The Balaban J connectivity index is 1.93. The number of carbonyl (C=O) groups is 1. The molecule has 0 fully saturated rings. The lowest BCUT2D eigenvalue weighted by atomic mass is 9.97. The third kappa shape index (κ3) is 3.34. The Morgan fingerprint density at radius 3 is 2.55 bits per heavy atom. The van der Waals surface area contributed by atoms with Crippen molar-refractivity contribution in [2.75, 3.05) is 20.3 Å². The second-order valence-corrected chi connectivity index (χ2v) is 7.84. The van der Waals surface area contributed by atoms with E-state index < -0.39 is 6.04 Å². The summed E-state index contributed by atoms with van der Waals surface area (Å²) in [6.07, 6.45) is 0.664. The van der Waals surface area contributed by atoms with Gasteiger partial charge in [0.15, 0.2) is 5.43 Å². The molecule has 0 aliphatic carbocycles. The van der Waals surface area contributed by atoms with Gasteiger partial charge in [0.05, 0.1) is 17.0 Å². The standard InChI is InChI=1S/C23H22ClNO4/c1-13-5-7-15(8-6-13)20-19-21(26)16-12-17(24)14(2)11-18(16)29-22(19)23(27)25(20)9-4-10-28-3/h5-8,11-12,20H,4,9-10H2,1-3H3. The number of halogens is 1. The molecule has 0 saturated heterocycles. The van der Waals surface area contributed by atoms with E-state index in [0.717, 1.165) is 16.7 Å². The highest BCUT2D eigenvalue weighted by Gasteiger charge is 2.42. The molecule has 0 N–H and O–H groups in total. The first-order chi connectivity index (χ1) is 13.9. The van der Waals surface area contributed by atoms with Gasteiger partial charge in [-0.1, -0.05) is 41.4 Å². The lowest BCUT2D eigenvalue weighted by molar-refractivity contribution is 0.0708. The molecule has 1 aromatic heterocycles. The minimum Gasteiger partial charge on any atom is -0.450 e. The van der Waals surface area contributed by atoms with Gasteiger partial charge in [-0.25, -0.2) is 0 Å². The molecule has 150 valence electrons. The van der Waals surface area contributed by atoms with E-state index in [1.807, 2.05) is 38.1 Å². The van der Waals surface area contributed by atoms with Gasteiger partial charge in [-0.05, 0) is 43.5 Å². The van der Waals surface area contributed by atoms with Crippen molar-refractivity contribution in [3.8, 4) is 0 Å². The van der Waals surface area contributed by atoms with E-state index in [1.54, 1.807) is 24.1 Å². The second-order valence-electron chi connectivity index (χ2n) is 7.43. The van der Waals surface area contributed by atoms with Crippen LogP contribution < -0.4 is 5.43 Å². The average molecular weight is 412 g/mol. The number of hydrogen-bond acceptors (Lipinski definition) is 4. The molecule has 0 radical (unpaired) electrons. The van der Waals surface area contributed by atoms with Crippen molar-refractivity contribution in [2.24, 2.45) is 0 Å². The molecule has 29 heavy (non-hydrogen) atoms. The normalized spacial score (nSPS) is 15.9. The third-order valence-electron chi connectivity index (χ3n) is 5.39. The first-order valence-electron chi connectivity index (χ1n) is 9.55. The Labute approximate surface area is 173 Å². The number of benzene rings is 2. The predicted molar refractivity (Wildman–Crippen MR) is 113 cm³/mol. The van der Waals surface area contributed by atoms with Gasteiger partial charge in [0, 0.05) is 25.3 Å². The number of aryl methyl sites for hydroxylation is 2. The summed E-state index contributed by atoms with van der Waals surface area (Å²) in [5.74, 6) is -0.152. The molecule has 3 aromatic rings. The summed E-state index contributed by atoms with van der Waals surface area (Å²) in [5, 5.41) is 0.890. The van der Waals surface area contributed by atoms with Gasteiger partial charge in [0.25, 0.3) is 5.91 Å². The highest BCUT2D eigenvalue weighted by molar-refractivity contribution is 6.32. The topological polar surface area (TPSA) is 59.8 Å². The maximum Gasteiger partial charge on any atom is 0.290 e. The molecule has 1 aliphatic rings. The number of rotatable bonds is 5. The summed E-state index contributed by atoms with van der Waals surface area (Å²) in [6.45, 7) is 4.83. The predicted octanol–water partition coefficient (Wildman–Crippen LogP) is 4.64. The summed E-state index contributed by atoms with van der Waals surface area (Å²) >= 11 is 6.25. The van der Waals surface area contributed by atoms with Gasteiger partial charge in [0.1, 0.15) is 5.58 Å². The molecule has 1 aliphatic heterocycles. The Kier molecular flexibility index (Phi) is 5.19. The van der Waals surface area contributed by atoms with Crippen molar-refractivity contribution >= 4 is 28.5 Å². The van der Waals surface area contributed by atoms with Crippen molar-refractivity contribution in [2.45, 2.75) is 26.3 Å². The first-order valence-corrected chi connectivity index (χ1v) is 9.93. The molecule has 2 aromatic carbocycles. The van der Waals surface area contributed by atoms with Gasteiger partial charge in [-0.15, -0.1) is 0 Å². The van der Waals surface area contributed by atoms with Crippen molar-refractivity contribution in [1.82, 2.24) is 4.90 Å². The molecule has 4 rings (SSSR count). The highest BCUT2D eigenvalue weighted by atomic mass is 35.5. The van der Waals surface area contributed by atoms with Crippen LogP contribution >= 0.6 is 11.6 Å². The first kappa shape index (κ1) is 19.7. The largest absolute Gasteiger partial charge is 0.450 e. The van der Waals surface area contributed by atoms with E-state index in [1.165, 1.54) is 0 Å². The fraction of sp³-hybridized carbons (Fsp3) is 0.304. The van der Waals surface area contributed by atoms with Crippen LogP contribution in [-0.4, -0.2) is 31.1 Å². The average Bonchev–Trinajstić information content (AvgIpc) is 2.97. The number of amides is 1. The molecule has 0 bridgehead atoms. The highest BCUT2D eigenvalue weighted by Crippen LogP contribution is 2.38. The summed E-state index contributed by atoms with van der Waals surface area (Å²) in [5.41, 5.74) is 3.33. The maximum atomic E-state index is 13.4. The molecule has 1 unspecified atom stereocenters. The van der Waals surface area contributed by atoms with Crippen LogP contribution in [0.4, 0.5) is 0 Å². The monoisotopic (exact) mass is 411 g/mol. The zero-order chi connectivity index (χ0) is 20.7. The number of hydrogen-bond donors (Lipinski definition) is 0. The zero-order valence-electron chi connectivity index (χ0n) is 16.6. The summed E-state index contributed by atoms with van der Waals surface area (Å²) in [6, 6.07) is 10.7. The molecular formula is C23H22ClNO4. The zero-order valence-corrected chi connectivity index (χ0v) is 17.4. The van der Waals surface area contributed by atoms with Crippen LogP contribution in [0.15, 0.2) is 45.6 Å². The minimum absolute atomic E-state index is 0.118. The van der Waals surface area contributed by atoms with Crippen molar-refractivity contribution < 1.29 is 13.9 Å². The SMILES string of the molecule is COCCCN1C(=O)c2oc3cc(C)c(Cl)cc3c(=O)c2C1c1ccc(C)cc1. The molecule has 6 heteroatoms. The van der Waals surface area contributed by atoms with Gasteiger partial charge in [-0.3, -0.25) is 9.59 Å². The molecule has 0 saturated carbocycles. The summed E-state index contributed by atoms with van der Waals surface area (Å²) in [4.78, 5) is 28.4. The van der Waals surface area contributed by atoms with Gasteiger partial charge in [0.2, 0.25) is 5.76 Å². The van der Waals surface area contributed by atoms with Crippen LogP contribution in [0.2, 0.25) is 5.02 Å². The third-order valence-corrected chi connectivity index (χ3v) is 5.79. The number of nitrogens with zero attached hydrogens (tertiary/aromatic N) is 1.